The second kappa shape index (κ2) is 15.6. The molecule has 0 amide bonds. The van der Waals surface area contributed by atoms with Gasteiger partial charge in [-0.2, -0.15) is 0 Å². The van der Waals surface area contributed by atoms with Crippen LogP contribution in [0.4, 0.5) is 0 Å². The van der Waals surface area contributed by atoms with Crippen LogP contribution in [0.15, 0.2) is 11.6 Å². The monoisotopic (exact) mass is 681 g/mol. The van der Waals surface area contributed by atoms with Crippen LogP contribution >= 0.6 is 0 Å². The molecule has 8 atom stereocenters. The van der Waals surface area contributed by atoms with Crippen molar-refractivity contribution in [2.75, 3.05) is 6.61 Å². The minimum absolute atomic E-state index is 0.00309. The zero-order valence-corrected chi connectivity index (χ0v) is 33.8. The fourth-order valence-electron chi connectivity index (χ4n) is 13.3. The molecule has 0 saturated heterocycles. The predicted octanol–water partition coefficient (Wildman–Crippen LogP) is 13.2. The minimum Gasteiger partial charge on any atom is -0.462 e. The Labute approximate surface area is 304 Å². The summed E-state index contributed by atoms with van der Waals surface area (Å²) in [7, 11) is 0. The number of carbonyl (C=O) groups is 1. The SMILES string of the molecule is CCCCCCCCCCCCCCCC(=O)O[C@H]1CC[C@@]2(C)[C@H](CC[C@]3(C)[C@H]2CC=C2[C@@H]4CC(C)(C)CC[C@]4(CO)CC[C@]23C)C1(C)C. The van der Waals surface area contributed by atoms with E-state index in [-0.39, 0.29) is 39.1 Å². The molecule has 0 unspecified atom stereocenters. The number of unbranched alkanes of at least 4 members (excludes halogenated alkanes) is 12. The van der Waals surface area contributed by atoms with E-state index in [0.29, 0.717) is 36.2 Å². The fraction of sp³-hybridized carbons (Fsp3) is 0.935. The third kappa shape index (κ3) is 7.65. The number of esters is 1. The molecule has 0 aliphatic heterocycles. The largest absolute Gasteiger partial charge is 0.462 e. The van der Waals surface area contributed by atoms with Crippen molar-refractivity contribution in [1.82, 2.24) is 0 Å². The average molecular weight is 681 g/mol. The first-order valence-corrected chi connectivity index (χ1v) is 21.7. The zero-order chi connectivity index (χ0) is 35.6. The maximum atomic E-state index is 13.2. The number of aliphatic hydroxyl groups is 1. The van der Waals surface area contributed by atoms with Crippen LogP contribution in [0.3, 0.4) is 0 Å². The van der Waals surface area contributed by atoms with E-state index in [1.807, 2.05) is 0 Å². The molecule has 5 aliphatic rings. The maximum absolute atomic E-state index is 13.2. The highest BCUT2D eigenvalue weighted by molar-refractivity contribution is 5.69. The van der Waals surface area contributed by atoms with Gasteiger partial charge in [-0.25, -0.2) is 0 Å². The summed E-state index contributed by atoms with van der Waals surface area (Å²) in [6.45, 7) is 20.4. The molecule has 3 heteroatoms. The van der Waals surface area contributed by atoms with Crippen molar-refractivity contribution in [2.45, 2.75) is 216 Å². The lowest BCUT2D eigenvalue weighted by atomic mass is 9.33. The van der Waals surface area contributed by atoms with E-state index in [2.05, 4.69) is 61.5 Å². The van der Waals surface area contributed by atoms with Crippen molar-refractivity contribution in [2.24, 2.45) is 50.2 Å². The number of fused-ring (bicyclic) bond motifs is 7. The van der Waals surface area contributed by atoms with E-state index in [1.54, 1.807) is 5.57 Å². The molecule has 0 spiro atoms. The molecule has 5 rings (SSSR count). The molecule has 4 saturated carbocycles. The van der Waals surface area contributed by atoms with E-state index in [0.717, 1.165) is 19.3 Å². The van der Waals surface area contributed by atoms with Gasteiger partial charge in [-0.3, -0.25) is 4.79 Å². The van der Waals surface area contributed by atoms with Crippen LogP contribution in [0.25, 0.3) is 0 Å². The summed E-state index contributed by atoms with van der Waals surface area (Å²) in [4.78, 5) is 13.2. The molecule has 282 valence electrons. The van der Waals surface area contributed by atoms with Crippen molar-refractivity contribution in [3.63, 3.8) is 0 Å². The van der Waals surface area contributed by atoms with Crippen molar-refractivity contribution < 1.29 is 14.6 Å². The number of aliphatic hydroxyl groups excluding tert-OH is 1. The Balaban J connectivity index is 1.13. The van der Waals surface area contributed by atoms with Gasteiger partial charge in [0.05, 0.1) is 0 Å². The minimum atomic E-state index is -0.00309. The van der Waals surface area contributed by atoms with Gasteiger partial charge in [0.1, 0.15) is 6.10 Å². The standard InChI is InChI=1S/C46H80O3/c1-9-10-11-12-13-14-15-16-17-18-19-20-21-22-40(48)49-39-26-27-43(6)37(42(39,4)5)25-28-45(8)38(43)24-23-35-36-33-41(2,3)29-31-46(36,34-47)32-30-44(35,45)7/h23,36-39,47H,9-22,24-34H2,1-8H3/t36-,37+,38-,39-,43-,44+,45+,46+/m0/s1. The Morgan fingerprint density at radius 2 is 1.33 bits per heavy atom. The van der Waals surface area contributed by atoms with Crippen LogP contribution in [0, 0.1) is 50.2 Å². The molecule has 3 nitrogen and oxygen atoms in total. The molecule has 5 aliphatic carbocycles. The number of rotatable bonds is 16. The molecular formula is C46H80O3. The Morgan fingerprint density at radius 3 is 1.94 bits per heavy atom. The predicted molar refractivity (Wildman–Crippen MR) is 206 cm³/mol. The molecule has 0 heterocycles. The molecule has 0 aromatic rings. The number of carbonyl (C=O) groups excluding carboxylic acids is 1. The molecule has 0 radical (unpaired) electrons. The second-order valence-corrected chi connectivity index (χ2v) is 20.6. The van der Waals surface area contributed by atoms with Crippen LogP contribution in [-0.4, -0.2) is 23.8 Å². The van der Waals surface area contributed by atoms with Gasteiger partial charge in [0.2, 0.25) is 0 Å². The van der Waals surface area contributed by atoms with Crippen molar-refractivity contribution in [3.05, 3.63) is 11.6 Å². The summed E-state index contributed by atoms with van der Waals surface area (Å²) >= 11 is 0. The molecule has 0 bridgehead atoms. The Kier molecular flexibility index (Phi) is 12.6. The van der Waals surface area contributed by atoms with Crippen LogP contribution in [0.5, 0.6) is 0 Å². The normalized spacial score (nSPS) is 39.2. The van der Waals surface area contributed by atoms with Crippen molar-refractivity contribution in [3.8, 4) is 0 Å². The van der Waals surface area contributed by atoms with Gasteiger partial charge >= 0.3 is 5.97 Å². The Hall–Kier alpha value is -0.830. The van der Waals surface area contributed by atoms with Crippen molar-refractivity contribution in [1.29, 1.82) is 0 Å². The molecule has 49 heavy (non-hydrogen) atoms. The number of hydrogen-bond donors (Lipinski definition) is 1. The molecule has 0 aromatic heterocycles. The quantitative estimate of drug-likeness (QED) is 0.100. The molecular weight excluding hydrogens is 601 g/mol. The third-order valence-corrected chi connectivity index (χ3v) is 16.8. The summed E-state index contributed by atoms with van der Waals surface area (Å²) in [5.41, 5.74) is 2.93. The number of ether oxygens (including phenoxy) is 1. The van der Waals surface area contributed by atoms with Gasteiger partial charge < -0.3 is 9.84 Å². The summed E-state index contributed by atoms with van der Waals surface area (Å²) < 4.78 is 6.40. The molecule has 1 N–H and O–H groups in total. The summed E-state index contributed by atoms with van der Waals surface area (Å²) in [5, 5.41) is 10.8. The first kappa shape index (κ1) is 39.4. The molecule has 4 fully saturated rings. The van der Waals surface area contributed by atoms with Gasteiger partial charge in [0, 0.05) is 23.9 Å². The van der Waals surface area contributed by atoms with Crippen LogP contribution in [0.2, 0.25) is 0 Å². The van der Waals surface area contributed by atoms with E-state index in [1.165, 1.54) is 128 Å². The van der Waals surface area contributed by atoms with Gasteiger partial charge in [0.25, 0.3) is 0 Å². The topological polar surface area (TPSA) is 46.5 Å². The lowest BCUT2D eigenvalue weighted by Crippen LogP contribution is -2.65. The third-order valence-electron chi connectivity index (χ3n) is 16.8. The Bertz CT molecular complexity index is 1140. The van der Waals surface area contributed by atoms with Crippen LogP contribution in [0.1, 0.15) is 209 Å². The van der Waals surface area contributed by atoms with Gasteiger partial charge in [0.15, 0.2) is 0 Å². The van der Waals surface area contributed by atoms with Crippen LogP contribution in [-0.2, 0) is 9.53 Å². The maximum Gasteiger partial charge on any atom is 0.306 e. The molecule has 0 aromatic carbocycles. The highest BCUT2D eigenvalue weighted by atomic mass is 16.5. The first-order valence-electron chi connectivity index (χ1n) is 21.7. The smallest absolute Gasteiger partial charge is 0.306 e. The zero-order valence-electron chi connectivity index (χ0n) is 33.8. The Morgan fingerprint density at radius 1 is 0.735 bits per heavy atom. The van der Waals surface area contributed by atoms with Gasteiger partial charge in [-0.15, -0.1) is 0 Å². The average Bonchev–Trinajstić information content (AvgIpc) is 3.05. The second-order valence-electron chi connectivity index (χ2n) is 20.6. The number of allylic oxidation sites excluding steroid dienone is 2. The van der Waals surface area contributed by atoms with Crippen LogP contribution < -0.4 is 0 Å². The van der Waals surface area contributed by atoms with E-state index in [9.17, 15) is 9.90 Å². The fourth-order valence-corrected chi connectivity index (χ4v) is 13.3. The van der Waals surface area contributed by atoms with E-state index in [4.69, 9.17) is 4.74 Å². The van der Waals surface area contributed by atoms with Gasteiger partial charge in [-0.1, -0.05) is 144 Å². The first-order chi connectivity index (χ1) is 23.2. The van der Waals surface area contributed by atoms with E-state index >= 15 is 0 Å². The summed E-state index contributed by atoms with van der Waals surface area (Å²) in [6.07, 6.45) is 32.6. The summed E-state index contributed by atoms with van der Waals surface area (Å²) in [5.74, 6) is 1.82. The summed E-state index contributed by atoms with van der Waals surface area (Å²) in [6, 6.07) is 0. The highest BCUT2D eigenvalue weighted by Gasteiger charge is 2.68. The number of hydrogen-bond acceptors (Lipinski definition) is 3. The van der Waals surface area contributed by atoms with Gasteiger partial charge in [-0.05, 0) is 110 Å². The highest BCUT2D eigenvalue weighted by Crippen LogP contribution is 2.75. The lowest BCUT2D eigenvalue weighted by Gasteiger charge is -2.71. The lowest BCUT2D eigenvalue weighted by molar-refractivity contribution is -0.213. The van der Waals surface area contributed by atoms with E-state index < -0.39 is 0 Å². The van der Waals surface area contributed by atoms with Crippen molar-refractivity contribution >= 4 is 5.97 Å².